The first kappa shape index (κ1) is 17.1. The third-order valence-electron chi connectivity index (χ3n) is 3.05. The molecule has 0 aliphatic carbocycles. The number of methoxy groups -OCH3 is 2. The Morgan fingerprint density at radius 3 is 1.95 bits per heavy atom. The van der Waals surface area contributed by atoms with Crippen molar-refractivity contribution >= 4 is 17.5 Å². The third kappa shape index (κ3) is 5.17. The zero-order valence-electron chi connectivity index (χ0n) is 12.7. The average molecular weight is 294 g/mol. The highest BCUT2D eigenvalue weighted by atomic mass is 16.5. The quantitative estimate of drug-likeness (QED) is 0.697. The molecule has 0 fully saturated rings. The number of likely N-dealkylation sites (N-methyl/N-ethyl adjacent to an activating group) is 1. The van der Waals surface area contributed by atoms with E-state index in [1.165, 1.54) is 9.80 Å². The van der Waals surface area contributed by atoms with Crippen molar-refractivity contribution in [2.45, 2.75) is 0 Å². The van der Waals surface area contributed by atoms with Crippen LogP contribution in [-0.4, -0.2) is 64.3 Å². The Bertz CT molecular complexity index is 442. The van der Waals surface area contributed by atoms with Gasteiger partial charge < -0.3 is 19.3 Å². The fourth-order valence-electron chi connectivity index (χ4n) is 1.77. The first-order valence-electron chi connectivity index (χ1n) is 6.71. The molecule has 0 saturated heterocycles. The van der Waals surface area contributed by atoms with Crippen LogP contribution in [-0.2, 0) is 19.1 Å². The van der Waals surface area contributed by atoms with Crippen molar-refractivity contribution in [2.24, 2.45) is 0 Å². The zero-order chi connectivity index (χ0) is 15.7. The van der Waals surface area contributed by atoms with Crippen LogP contribution in [0.3, 0.4) is 0 Å². The van der Waals surface area contributed by atoms with Crippen LogP contribution in [0.4, 0.5) is 5.69 Å². The van der Waals surface area contributed by atoms with Gasteiger partial charge in [-0.2, -0.15) is 0 Å². The number of amides is 2. The standard InChI is InChI=1S/C15H22N2O4/c1-16(13-7-5-4-6-8-13)14(18)15(19)17(9-11-20-2)10-12-21-3/h4-8H,9-12H2,1-3H3. The van der Waals surface area contributed by atoms with E-state index in [2.05, 4.69) is 0 Å². The van der Waals surface area contributed by atoms with E-state index in [1.807, 2.05) is 18.2 Å². The molecule has 0 saturated carbocycles. The second-order valence-corrected chi connectivity index (χ2v) is 4.48. The van der Waals surface area contributed by atoms with E-state index in [9.17, 15) is 9.59 Å². The summed E-state index contributed by atoms with van der Waals surface area (Å²) in [6.45, 7) is 1.45. The lowest BCUT2D eigenvalue weighted by molar-refractivity contribution is -0.145. The minimum absolute atomic E-state index is 0.354. The van der Waals surface area contributed by atoms with Gasteiger partial charge in [-0.1, -0.05) is 18.2 Å². The molecule has 1 aromatic carbocycles. The molecule has 1 rings (SSSR count). The van der Waals surface area contributed by atoms with Crippen molar-refractivity contribution in [3.05, 3.63) is 30.3 Å². The molecular formula is C15H22N2O4. The summed E-state index contributed by atoms with van der Waals surface area (Å²) < 4.78 is 9.94. The number of rotatable bonds is 7. The summed E-state index contributed by atoms with van der Waals surface area (Å²) in [6, 6.07) is 9.04. The third-order valence-corrected chi connectivity index (χ3v) is 3.05. The predicted octanol–water partition coefficient (Wildman–Crippen LogP) is 0.771. The monoisotopic (exact) mass is 294 g/mol. The van der Waals surface area contributed by atoms with Gasteiger partial charge in [0.15, 0.2) is 0 Å². The van der Waals surface area contributed by atoms with Crippen molar-refractivity contribution in [1.82, 2.24) is 4.90 Å². The second kappa shape index (κ2) is 9.10. The summed E-state index contributed by atoms with van der Waals surface area (Å²) >= 11 is 0. The van der Waals surface area contributed by atoms with Crippen LogP contribution in [0.1, 0.15) is 0 Å². The molecule has 6 nitrogen and oxygen atoms in total. The molecule has 0 bridgehead atoms. The lowest BCUT2D eigenvalue weighted by Gasteiger charge is -2.24. The van der Waals surface area contributed by atoms with Gasteiger partial charge in [-0.3, -0.25) is 9.59 Å². The number of benzene rings is 1. The molecule has 2 amide bonds. The highest BCUT2D eigenvalue weighted by molar-refractivity contribution is 6.40. The van der Waals surface area contributed by atoms with Crippen LogP contribution in [0.5, 0.6) is 0 Å². The molecule has 0 N–H and O–H groups in total. The second-order valence-electron chi connectivity index (χ2n) is 4.48. The summed E-state index contributed by atoms with van der Waals surface area (Å²) in [7, 11) is 4.69. The molecule has 6 heteroatoms. The molecule has 1 aromatic rings. The predicted molar refractivity (Wildman–Crippen MR) is 80.2 cm³/mol. The minimum Gasteiger partial charge on any atom is -0.383 e. The van der Waals surface area contributed by atoms with Gasteiger partial charge in [0.1, 0.15) is 0 Å². The molecule has 0 aromatic heterocycles. The van der Waals surface area contributed by atoms with Gasteiger partial charge in [-0.05, 0) is 12.1 Å². The fourth-order valence-corrected chi connectivity index (χ4v) is 1.77. The first-order valence-corrected chi connectivity index (χ1v) is 6.71. The smallest absolute Gasteiger partial charge is 0.316 e. The maximum atomic E-state index is 12.3. The number of para-hydroxylation sites is 1. The van der Waals surface area contributed by atoms with Gasteiger partial charge in [0.25, 0.3) is 0 Å². The highest BCUT2D eigenvalue weighted by Crippen LogP contribution is 2.11. The van der Waals surface area contributed by atoms with E-state index in [0.717, 1.165) is 0 Å². The lowest BCUT2D eigenvalue weighted by atomic mass is 10.3. The lowest BCUT2D eigenvalue weighted by Crippen LogP contribution is -2.46. The van der Waals surface area contributed by atoms with Gasteiger partial charge in [0, 0.05) is 40.0 Å². The first-order chi connectivity index (χ1) is 10.1. The van der Waals surface area contributed by atoms with E-state index in [-0.39, 0.29) is 0 Å². The summed E-state index contributed by atoms with van der Waals surface area (Å²) in [4.78, 5) is 27.3. The number of anilines is 1. The Morgan fingerprint density at radius 1 is 0.952 bits per heavy atom. The highest BCUT2D eigenvalue weighted by Gasteiger charge is 2.25. The summed E-state index contributed by atoms with van der Waals surface area (Å²) in [5.74, 6) is -1.14. The Hall–Kier alpha value is -1.92. The zero-order valence-corrected chi connectivity index (χ0v) is 12.7. The van der Waals surface area contributed by atoms with Crippen LogP contribution in [0.2, 0.25) is 0 Å². The molecule has 116 valence electrons. The van der Waals surface area contributed by atoms with Crippen LogP contribution in [0, 0.1) is 0 Å². The molecule has 0 unspecified atom stereocenters. The number of hydrogen-bond donors (Lipinski definition) is 0. The molecular weight excluding hydrogens is 272 g/mol. The SMILES string of the molecule is COCCN(CCOC)C(=O)C(=O)N(C)c1ccccc1. The van der Waals surface area contributed by atoms with Crippen molar-refractivity contribution in [3.8, 4) is 0 Å². The Kier molecular flexibility index (Phi) is 7.42. The van der Waals surface area contributed by atoms with Crippen molar-refractivity contribution < 1.29 is 19.1 Å². The average Bonchev–Trinajstić information content (AvgIpc) is 2.54. The normalized spacial score (nSPS) is 10.2. The van der Waals surface area contributed by atoms with Crippen LogP contribution in [0.25, 0.3) is 0 Å². The molecule has 0 aliphatic rings. The molecule has 0 atom stereocenters. The van der Waals surface area contributed by atoms with Crippen LogP contribution < -0.4 is 4.90 Å². The van der Waals surface area contributed by atoms with E-state index in [4.69, 9.17) is 9.47 Å². The number of carbonyl (C=O) groups excluding carboxylic acids is 2. The largest absolute Gasteiger partial charge is 0.383 e. The van der Waals surface area contributed by atoms with E-state index in [1.54, 1.807) is 33.4 Å². The number of carbonyl (C=O) groups is 2. The van der Waals surface area contributed by atoms with E-state index >= 15 is 0 Å². The van der Waals surface area contributed by atoms with Crippen LogP contribution in [0.15, 0.2) is 30.3 Å². The van der Waals surface area contributed by atoms with Crippen molar-refractivity contribution in [3.63, 3.8) is 0 Å². The van der Waals surface area contributed by atoms with Crippen molar-refractivity contribution in [1.29, 1.82) is 0 Å². The van der Waals surface area contributed by atoms with Crippen molar-refractivity contribution in [2.75, 3.05) is 52.5 Å². The van der Waals surface area contributed by atoms with Gasteiger partial charge in [-0.15, -0.1) is 0 Å². The Labute approximate surface area is 125 Å². The molecule has 0 aliphatic heterocycles. The Morgan fingerprint density at radius 2 is 1.48 bits per heavy atom. The molecule has 0 heterocycles. The van der Waals surface area contributed by atoms with Crippen LogP contribution >= 0.6 is 0 Å². The molecule has 0 radical (unpaired) electrons. The number of ether oxygens (including phenoxy) is 2. The van der Waals surface area contributed by atoms with E-state index in [0.29, 0.717) is 32.0 Å². The Balaban J connectivity index is 2.74. The summed E-state index contributed by atoms with van der Waals surface area (Å²) in [5.41, 5.74) is 0.675. The van der Waals surface area contributed by atoms with Gasteiger partial charge in [0.2, 0.25) is 0 Å². The van der Waals surface area contributed by atoms with Gasteiger partial charge in [0.05, 0.1) is 13.2 Å². The number of nitrogens with zero attached hydrogens (tertiary/aromatic N) is 2. The minimum atomic E-state index is -0.576. The topological polar surface area (TPSA) is 59.1 Å². The molecule has 21 heavy (non-hydrogen) atoms. The summed E-state index contributed by atoms with van der Waals surface area (Å²) in [6.07, 6.45) is 0. The van der Waals surface area contributed by atoms with Gasteiger partial charge >= 0.3 is 11.8 Å². The number of hydrogen-bond acceptors (Lipinski definition) is 4. The summed E-state index contributed by atoms with van der Waals surface area (Å²) in [5, 5.41) is 0. The molecule has 0 spiro atoms. The fraction of sp³-hybridized carbons (Fsp3) is 0.467. The maximum absolute atomic E-state index is 12.3. The van der Waals surface area contributed by atoms with E-state index < -0.39 is 11.8 Å². The maximum Gasteiger partial charge on any atom is 0.316 e. The van der Waals surface area contributed by atoms with Gasteiger partial charge in [-0.25, -0.2) is 0 Å².